The maximum Gasteiger partial charge on any atom is 0.319 e. The summed E-state index contributed by atoms with van der Waals surface area (Å²) in [4.78, 5) is 3.89. The van der Waals surface area contributed by atoms with E-state index in [1.54, 1.807) is 0 Å². The van der Waals surface area contributed by atoms with E-state index in [1.807, 2.05) is 0 Å². The summed E-state index contributed by atoms with van der Waals surface area (Å²) < 4.78 is 50.2. The van der Waals surface area contributed by atoms with E-state index in [0.717, 1.165) is 4.57 Å². The lowest BCUT2D eigenvalue weighted by Crippen LogP contribution is -2.44. The minimum Gasteiger partial charge on any atom is -0.307 e. The van der Waals surface area contributed by atoms with Gasteiger partial charge in [0.15, 0.2) is 0 Å². The number of sulfonamides is 1. The Bertz CT molecular complexity index is 538. The van der Waals surface area contributed by atoms with E-state index >= 15 is 0 Å². The predicted molar refractivity (Wildman–Crippen MR) is 69.8 cm³/mol. The van der Waals surface area contributed by atoms with Crippen molar-refractivity contribution in [3.63, 3.8) is 0 Å². The van der Waals surface area contributed by atoms with Gasteiger partial charge in [-0.25, -0.2) is 17.7 Å². The van der Waals surface area contributed by atoms with Crippen LogP contribution in [0.4, 0.5) is 8.78 Å². The summed E-state index contributed by atoms with van der Waals surface area (Å²) >= 11 is 0. The SMILES string of the molecule is CS(=O)(=O)N1CCC(NCc2nccn2C(F)F)CC1. The molecule has 0 amide bonds. The molecular formula is C11H18F2N4O2S. The lowest BCUT2D eigenvalue weighted by molar-refractivity contribution is 0.0663. The molecule has 0 aromatic carbocycles. The summed E-state index contributed by atoms with van der Waals surface area (Å²) in [6.07, 6.45) is 5.12. The monoisotopic (exact) mass is 308 g/mol. The van der Waals surface area contributed by atoms with Crippen LogP contribution in [-0.2, 0) is 16.6 Å². The molecule has 1 aromatic heterocycles. The van der Waals surface area contributed by atoms with E-state index in [0.29, 0.717) is 25.9 Å². The average molecular weight is 308 g/mol. The van der Waals surface area contributed by atoms with Crippen LogP contribution in [0.2, 0.25) is 0 Å². The quantitative estimate of drug-likeness (QED) is 0.873. The zero-order valence-electron chi connectivity index (χ0n) is 11.2. The lowest BCUT2D eigenvalue weighted by Gasteiger charge is -2.30. The van der Waals surface area contributed by atoms with Gasteiger partial charge in [0, 0.05) is 31.5 Å². The van der Waals surface area contributed by atoms with Gasteiger partial charge in [-0.1, -0.05) is 0 Å². The predicted octanol–water partition coefficient (Wildman–Crippen LogP) is 0.792. The minimum absolute atomic E-state index is 0.121. The van der Waals surface area contributed by atoms with Crippen molar-refractivity contribution < 1.29 is 17.2 Å². The van der Waals surface area contributed by atoms with Gasteiger partial charge in [0.2, 0.25) is 10.0 Å². The summed E-state index contributed by atoms with van der Waals surface area (Å²) in [5.41, 5.74) is 0. The van der Waals surface area contributed by atoms with Crippen LogP contribution >= 0.6 is 0 Å². The topological polar surface area (TPSA) is 67.2 Å². The molecule has 0 radical (unpaired) electrons. The molecule has 0 spiro atoms. The summed E-state index contributed by atoms with van der Waals surface area (Å²) in [6, 6.07) is 0.121. The van der Waals surface area contributed by atoms with E-state index < -0.39 is 16.6 Å². The molecule has 1 saturated heterocycles. The van der Waals surface area contributed by atoms with E-state index in [2.05, 4.69) is 10.3 Å². The van der Waals surface area contributed by atoms with Crippen molar-refractivity contribution in [3.05, 3.63) is 18.2 Å². The molecule has 0 aliphatic carbocycles. The molecule has 6 nitrogen and oxygen atoms in total. The number of alkyl halides is 2. The molecule has 2 rings (SSSR count). The highest BCUT2D eigenvalue weighted by molar-refractivity contribution is 7.88. The van der Waals surface area contributed by atoms with Crippen molar-refractivity contribution in [2.75, 3.05) is 19.3 Å². The number of piperidine rings is 1. The summed E-state index contributed by atoms with van der Waals surface area (Å²) in [6.45, 7) is -1.43. The van der Waals surface area contributed by atoms with E-state index in [9.17, 15) is 17.2 Å². The molecule has 1 N–H and O–H groups in total. The largest absolute Gasteiger partial charge is 0.319 e. The van der Waals surface area contributed by atoms with Gasteiger partial charge in [0.25, 0.3) is 0 Å². The van der Waals surface area contributed by atoms with Crippen molar-refractivity contribution in [2.45, 2.75) is 32.0 Å². The second-order valence-corrected chi connectivity index (χ2v) is 6.83. The fourth-order valence-electron chi connectivity index (χ4n) is 2.29. The first-order valence-electron chi connectivity index (χ1n) is 6.36. The minimum atomic E-state index is -3.14. The maximum atomic E-state index is 12.6. The fraction of sp³-hybridized carbons (Fsp3) is 0.727. The lowest BCUT2D eigenvalue weighted by atomic mass is 10.1. The molecule has 114 valence electrons. The van der Waals surface area contributed by atoms with Gasteiger partial charge < -0.3 is 5.32 Å². The Labute approximate surface area is 116 Å². The smallest absolute Gasteiger partial charge is 0.307 e. The van der Waals surface area contributed by atoms with Crippen LogP contribution < -0.4 is 5.32 Å². The highest BCUT2D eigenvalue weighted by Gasteiger charge is 2.24. The number of hydrogen-bond donors (Lipinski definition) is 1. The van der Waals surface area contributed by atoms with Crippen molar-refractivity contribution >= 4 is 10.0 Å². The Balaban J connectivity index is 1.83. The third-order valence-electron chi connectivity index (χ3n) is 3.43. The van der Waals surface area contributed by atoms with Gasteiger partial charge in [-0.15, -0.1) is 0 Å². The summed E-state index contributed by atoms with van der Waals surface area (Å²) in [5.74, 6) is 0.283. The molecule has 20 heavy (non-hydrogen) atoms. The van der Waals surface area contributed by atoms with Gasteiger partial charge in [-0.2, -0.15) is 8.78 Å². The normalized spacial score (nSPS) is 18.8. The molecule has 2 heterocycles. The molecule has 1 aromatic rings. The zero-order chi connectivity index (χ0) is 14.8. The molecule has 0 saturated carbocycles. The second kappa shape index (κ2) is 6.15. The van der Waals surface area contributed by atoms with E-state index in [-0.39, 0.29) is 18.4 Å². The third kappa shape index (κ3) is 3.74. The number of hydrogen-bond acceptors (Lipinski definition) is 4. The fourth-order valence-corrected chi connectivity index (χ4v) is 3.16. The average Bonchev–Trinajstić information content (AvgIpc) is 2.84. The molecule has 0 unspecified atom stereocenters. The molecular weight excluding hydrogens is 290 g/mol. The standard InChI is InChI=1S/C11H18F2N4O2S/c1-20(18,19)16-5-2-9(3-6-16)15-8-10-14-4-7-17(10)11(12)13/h4,7,9,11,15H,2-3,5-6,8H2,1H3. The number of nitrogens with zero attached hydrogens (tertiary/aromatic N) is 3. The molecule has 1 aliphatic rings. The van der Waals surface area contributed by atoms with Crippen molar-refractivity contribution in [3.8, 4) is 0 Å². The molecule has 1 aliphatic heterocycles. The Morgan fingerprint density at radius 2 is 2.10 bits per heavy atom. The first-order valence-corrected chi connectivity index (χ1v) is 8.21. The van der Waals surface area contributed by atoms with Crippen LogP contribution in [0.25, 0.3) is 0 Å². The Morgan fingerprint density at radius 3 is 2.65 bits per heavy atom. The van der Waals surface area contributed by atoms with Gasteiger partial charge >= 0.3 is 6.55 Å². The van der Waals surface area contributed by atoms with Gasteiger partial charge in [-0.05, 0) is 12.8 Å². The Morgan fingerprint density at radius 1 is 1.45 bits per heavy atom. The van der Waals surface area contributed by atoms with Crippen LogP contribution in [0, 0.1) is 0 Å². The first kappa shape index (κ1) is 15.3. The molecule has 9 heteroatoms. The van der Waals surface area contributed by atoms with Gasteiger partial charge in [-0.3, -0.25) is 4.57 Å². The maximum absolute atomic E-state index is 12.6. The Kier molecular flexibility index (Phi) is 4.71. The summed E-state index contributed by atoms with van der Waals surface area (Å²) in [7, 11) is -3.14. The molecule has 0 atom stereocenters. The number of halogens is 2. The van der Waals surface area contributed by atoms with E-state index in [4.69, 9.17) is 0 Å². The van der Waals surface area contributed by atoms with Crippen LogP contribution in [0.5, 0.6) is 0 Å². The first-order chi connectivity index (χ1) is 9.38. The van der Waals surface area contributed by atoms with Crippen LogP contribution in [-0.4, -0.2) is 47.7 Å². The number of aromatic nitrogens is 2. The van der Waals surface area contributed by atoms with Gasteiger partial charge in [0.05, 0.1) is 12.8 Å². The van der Waals surface area contributed by atoms with Crippen molar-refractivity contribution in [1.29, 1.82) is 0 Å². The Hall–Kier alpha value is -1.06. The highest BCUT2D eigenvalue weighted by atomic mass is 32.2. The number of nitrogens with one attached hydrogen (secondary N) is 1. The third-order valence-corrected chi connectivity index (χ3v) is 4.73. The van der Waals surface area contributed by atoms with Crippen molar-refractivity contribution in [1.82, 2.24) is 19.2 Å². The van der Waals surface area contributed by atoms with Crippen LogP contribution in [0.15, 0.2) is 12.4 Å². The zero-order valence-corrected chi connectivity index (χ0v) is 12.0. The van der Waals surface area contributed by atoms with E-state index in [1.165, 1.54) is 23.0 Å². The van der Waals surface area contributed by atoms with Crippen LogP contribution in [0.3, 0.4) is 0 Å². The second-order valence-electron chi connectivity index (χ2n) is 4.85. The number of rotatable bonds is 5. The molecule has 0 bridgehead atoms. The van der Waals surface area contributed by atoms with Gasteiger partial charge in [0.1, 0.15) is 5.82 Å². The highest BCUT2D eigenvalue weighted by Crippen LogP contribution is 2.15. The number of imidazole rings is 1. The van der Waals surface area contributed by atoms with Crippen LogP contribution in [0.1, 0.15) is 25.2 Å². The molecule has 1 fully saturated rings. The van der Waals surface area contributed by atoms with Crippen molar-refractivity contribution in [2.24, 2.45) is 0 Å². The summed E-state index contributed by atoms with van der Waals surface area (Å²) in [5, 5.41) is 3.15.